The number of nitrogens with one attached hydrogen (secondary N) is 1. The van der Waals surface area contributed by atoms with E-state index in [9.17, 15) is 4.79 Å². The second-order valence-electron chi connectivity index (χ2n) is 4.78. The van der Waals surface area contributed by atoms with Gasteiger partial charge in [-0.3, -0.25) is 4.79 Å². The molecule has 0 spiro atoms. The molecule has 1 aromatic heterocycles. The number of amides is 1. The first-order valence-electron chi connectivity index (χ1n) is 6.92. The molecule has 4 heteroatoms. The summed E-state index contributed by atoms with van der Waals surface area (Å²) >= 11 is 0. The molecule has 2 rings (SSSR count). The van der Waals surface area contributed by atoms with E-state index >= 15 is 0 Å². The van der Waals surface area contributed by atoms with Gasteiger partial charge in [-0.1, -0.05) is 25.0 Å². The zero-order valence-electron chi connectivity index (χ0n) is 11.3. The van der Waals surface area contributed by atoms with E-state index in [1.807, 2.05) is 12.1 Å². The molecule has 1 aromatic rings. The second kappa shape index (κ2) is 6.92. The number of anilines is 1. The predicted molar refractivity (Wildman–Crippen MR) is 77.4 cm³/mol. The zero-order valence-corrected chi connectivity index (χ0v) is 11.3. The molecule has 4 nitrogen and oxygen atoms in total. The van der Waals surface area contributed by atoms with E-state index in [4.69, 9.17) is 0 Å². The Kier molecular flexibility index (Phi) is 4.95. The highest BCUT2D eigenvalue weighted by atomic mass is 16.1. The van der Waals surface area contributed by atoms with Gasteiger partial charge in [-0.15, -0.1) is 6.58 Å². The van der Waals surface area contributed by atoms with Crippen molar-refractivity contribution in [3.8, 4) is 0 Å². The van der Waals surface area contributed by atoms with Gasteiger partial charge in [-0.25, -0.2) is 4.98 Å². The quantitative estimate of drug-likeness (QED) is 0.844. The Morgan fingerprint density at radius 2 is 2.05 bits per heavy atom. The third kappa shape index (κ3) is 3.81. The molecule has 0 atom stereocenters. The lowest BCUT2D eigenvalue weighted by atomic mass is 10.2. The first kappa shape index (κ1) is 13.6. The van der Waals surface area contributed by atoms with Crippen molar-refractivity contribution in [3.05, 3.63) is 36.5 Å². The molecular formula is C15H21N3O. The van der Waals surface area contributed by atoms with Crippen LogP contribution in [-0.2, 0) is 0 Å². The smallest absolute Gasteiger partial charge is 0.270 e. The minimum Gasteiger partial charge on any atom is -0.357 e. The molecule has 1 aliphatic rings. The molecule has 0 aromatic carbocycles. The summed E-state index contributed by atoms with van der Waals surface area (Å²) in [5, 5.41) is 2.75. The van der Waals surface area contributed by atoms with E-state index in [1.54, 1.807) is 12.1 Å². The van der Waals surface area contributed by atoms with Crippen LogP contribution in [0, 0.1) is 0 Å². The third-order valence-electron chi connectivity index (χ3n) is 3.30. The Balaban J connectivity index is 2.09. The van der Waals surface area contributed by atoms with Crippen LogP contribution in [0.25, 0.3) is 0 Å². The standard InChI is InChI=1S/C15H21N3O/c1-2-10-16-15(19)13-8-7-9-14(17-13)18-11-5-3-4-6-12-18/h2,7-9H,1,3-6,10-12H2,(H,16,19). The molecule has 1 saturated heterocycles. The molecule has 2 heterocycles. The van der Waals surface area contributed by atoms with Crippen molar-refractivity contribution >= 4 is 11.7 Å². The number of aromatic nitrogens is 1. The van der Waals surface area contributed by atoms with Crippen LogP contribution in [0.2, 0.25) is 0 Å². The van der Waals surface area contributed by atoms with Gasteiger partial charge in [-0.2, -0.15) is 0 Å². The molecule has 0 unspecified atom stereocenters. The first-order chi connectivity index (χ1) is 9.31. The fraction of sp³-hybridized carbons (Fsp3) is 0.467. The lowest BCUT2D eigenvalue weighted by molar-refractivity contribution is 0.0953. The van der Waals surface area contributed by atoms with Gasteiger partial charge in [0.15, 0.2) is 0 Å². The van der Waals surface area contributed by atoms with Crippen molar-refractivity contribution < 1.29 is 4.79 Å². The van der Waals surface area contributed by atoms with Crippen LogP contribution in [0.4, 0.5) is 5.82 Å². The number of carbonyl (C=O) groups excluding carboxylic acids is 1. The van der Waals surface area contributed by atoms with Crippen LogP contribution >= 0.6 is 0 Å². The SMILES string of the molecule is C=CCNC(=O)c1cccc(N2CCCCCC2)n1. The maximum absolute atomic E-state index is 11.9. The Bertz CT molecular complexity index is 437. The van der Waals surface area contributed by atoms with Crippen LogP contribution < -0.4 is 10.2 Å². The van der Waals surface area contributed by atoms with Gasteiger partial charge in [0.25, 0.3) is 5.91 Å². The van der Waals surface area contributed by atoms with Crippen LogP contribution in [0.3, 0.4) is 0 Å². The summed E-state index contributed by atoms with van der Waals surface area (Å²) in [7, 11) is 0. The highest BCUT2D eigenvalue weighted by Crippen LogP contribution is 2.17. The number of pyridine rings is 1. The van der Waals surface area contributed by atoms with Crippen LogP contribution in [0.15, 0.2) is 30.9 Å². The lowest BCUT2D eigenvalue weighted by Gasteiger charge is -2.21. The van der Waals surface area contributed by atoms with E-state index in [-0.39, 0.29) is 5.91 Å². The molecule has 1 N–H and O–H groups in total. The van der Waals surface area contributed by atoms with Crippen molar-refractivity contribution in [1.82, 2.24) is 10.3 Å². The molecule has 1 fully saturated rings. The average Bonchev–Trinajstić information content (AvgIpc) is 2.74. The minimum absolute atomic E-state index is 0.142. The largest absolute Gasteiger partial charge is 0.357 e. The Morgan fingerprint density at radius 3 is 2.74 bits per heavy atom. The minimum atomic E-state index is -0.142. The predicted octanol–water partition coefficient (Wildman–Crippen LogP) is 2.38. The van der Waals surface area contributed by atoms with Gasteiger partial charge in [0.05, 0.1) is 0 Å². The average molecular weight is 259 g/mol. The van der Waals surface area contributed by atoms with Crippen molar-refractivity contribution in [1.29, 1.82) is 0 Å². The normalized spacial score (nSPS) is 15.7. The molecule has 0 saturated carbocycles. The number of hydrogen-bond acceptors (Lipinski definition) is 3. The molecule has 1 aliphatic heterocycles. The van der Waals surface area contributed by atoms with Gasteiger partial charge in [-0.05, 0) is 25.0 Å². The molecule has 0 aliphatic carbocycles. The summed E-state index contributed by atoms with van der Waals surface area (Å²) in [5.74, 6) is 0.768. The van der Waals surface area contributed by atoms with E-state index in [2.05, 4.69) is 21.8 Å². The number of rotatable bonds is 4. The van der Waals surface area contributed by atoms with Gasteiger partial charge >= 0.3 is 0 Å². The highest BCUT2D eigenvalue weighted by molar-refractivity contribution is 5.92. The van der Waals surface area contributed by atoms with Crippen molar-refractivity contribution in [2.75, 3.05) is 24.5 Å². The van der Waals surface area contributed by atoms with Crippen molar-refractivity contribution in [3.63, 3.8) is 0 Å². The molecule has 0 radical (unpaired) electrons. The number of hydrogen-bond donors (Lipinski definition) is 1. The Hall–Kier alpha value is -1.84. The van der Waals surface area contributed by atoms with E-state index in [1.165, 1.54) is 25.7 Å². The second-order valence-corrected chi connectivity index (χ2v) is 4.78. The van der Waals surface area contributed by atoms with Crippen molar-refractivity contribution in [2.45, 2.75) is 25.7 Å². The summed E-state index contributed by atoms with van der Waals surface area (Å²) < 4.78 is 0. The lowest BCUT2D eigenvalue weighted by Crippen LogP contribution is -2.27. The zero-order chi connectivity index (χ0) is 13.5. The Morgan fingerprint density at radius 1 is 1.32 bits per heavy atom. The topological polar surface area (TPSA) is 45.2 Å². The van der Waals surface area contributed by atoms with E-state index in [0.717, 1.165) is 18.9 Å². The molecule has 0 bridgehead atoms. The van der Waals surface area contributed by atoms with E-state index < -0.39 is 0 Å². The molecule has 102 valence electrons. The van der Waals surface area contributed by atoms with Gasteiger partial charge in [0, 0.05) is 19.6 Å². The van der Waals surface area contributed by atoms with Crippen LogP contribution in [0.5, 0.6) is 0 Å². The number of carbonyl (C=O) groups is 1. The summed E-state index contributed by atoms with van der Waals surface area (Å²) in [5.41, 5.74) is 0.476. The monoisotopic (exact) mass is 259 g/mol. The highest BCUT2D eigenvalue weighted by Gasteiger charge is 2.13. The summed E-state index contributed by atoms with van der Waals surface area (Å²) in [4.78, 5) is 18.6. The van der Waals surface area contributed by atoms with Crippen LogP contribution in [0.1, 0.15) is 36.2 Å². The van der Waals surface area contributed by atoms with Crippen molar-refractivity contribution in [2.24, 2.45) is 0 Å². The van der Waals surface area contributed by atoms with E-state index in [0.29, 0.717) is 12.2 Å². The maximum Gasteiger partial charge on any atom is 0.270 e. The first-order valence-corrected chi connectivity index (χ1v) is 6.92. The van der Waals surface area contributed by atoms with Gasteiger partial charge < -0.3 is 10.2 Å². The van der Waals surface area contributed by atoms with Gasteiger partial charge in [0.1, 0.15) is 11.5 Å². The third-order valence-corrected chi connectivity index (χ3v) is 3.30. The summed E-state index contributed by atoms with van der Waals surface area (Å²) in [6.07, 6.45) is 6.64. The summed E-state index contributed by atoms with van der Waals surface area (Å²) in [6, 6.07) is 5.63. The number of nitrogens with zero attached hydrogens (tertiary/aromatic N) is 2. The molecule has 1 amide bonds. The van der Waals surface area contributed by atoms with Gasteiger partial charge in [0.2, 0.25) is 0 Å². The van der Waals surface area contributed by atoms with Crippen LogP contribution in [-0.4, -0.2) is 30.5 Å². The Labute approximate surface area is 114 Å². The molecular weight excluding hydrogens is 238 g/mol. The fourth-order valence-electron chi connectivity index (χ4n) is 2.28. The molecule has 19 heavy (non-hydrogen) atoms. The maximum atomic E-state index is 11.9. The summed E-state index contributed by atoms with van der Waals surface area (Å²) in [6.45, 7) is 6.12. The fourth-order valence-corrected chi connectivity index (χ4v) is 2.28.